The van der Waals surface area contributed by atoms with Crippen LogP contribution >= 0.6 is 11.3 Å². The molecule has 4 heterocycles. The van der Waals surface area contributed by atoms with E-state index in [9.17, 15) is 0 Å². The van der Waals surface area contributed by atoms with Crippen molar-refractivity contribution in [1.82, 2.24) is 19.9 Å². The molecule has 1 aliphatic heterocycles. The van der Waals surface area contributed by atoms with Crippen molar-refractivity contribution in [3.63, 3.8) is 0 Å². The molecule has 1 aliphatic rings. The SMILES string of the molecule is Cc1nc(C)c(C)c(OCC2CCN(c3ncnc4sccc34)CC2)n1. The van der Waals surface area contributed by atoms with Gasteiger partial charge in [-0.15, -0.1) is 11.3 Å². The number of nitrogens with zero attached hydrogens (tertiary/aromatic N) is 5. The Bertz CT molecular complexity index is 917. The van der Waals surface area contributed by atoms with Gasteiger partial charge in [0.05, 0.1) is 12.0 Å². The number of aryl methyl sites for hydroxylation is 2. The van der Waals surface area contributed by atoms with Crippen molar-refractivity contribution in [2.24, 2.45) is 5.92 Å². The summed E-state index contributed by atoms with van der Waals surface area (Å²) in [5.41, 5.74) is 2.03. The molecular formula is C19H23N5OS. The van der Waals surface area contributed by atoms with Crippen LogP contribution in [0.3, 0.4) is 0 Å². The zero-order valence-corrected chi connectivity index (χ0v) is 16.2. The molecule has 0 bridgehead atoms. The number of anilines is 1. The Balaban J connectivity index is 1.38. The summed E-state index contributed by atoms with van der Waals surface area (Å²) in [4.78, 5) is 21.1. The zero-order valence-electron chi connectivity index (χ0n) is 15.4. The third-order valence-electron chi connectivity index (χ3n) is 5.07. The highest BCUT2D eigenvalue weighted by Gasteiger charge is 2.23. The molecule has 0 saturated carbocycles. The number of rotatable bonds is 4. The second kappa shape index (κ2) is 7.15. The first-order chi connectivity index (χ1) is 12.6. The highest BCUT2D eigenvalue weighted by Crippen LogP contribution is 2.30. The van der Waals surface area contributed by atoms with Crippen LogP contribution in [0.2, 0.25) is 0 Å². The van der Waals surface area contributed by atoms with Crippen molar-refractivity contribution in [2.45, 2.75) is 33.6 Å². The van der Waals surface area contributed by atoms with Crippen molar-refractivity contribution in [1.29, 1.82) is 0 Å². The lowest BCUT2D eigenvalue weighted by molar-refractivity contribution is 0.214. The fourth-order valence-corrected chi connectivity index (χ4v) is 4.14. The Kier molecular flexibility index (Phi) is 4.72. The molecule has 136 valence electrons. The first-order valence-corrected chi connectivity index (χ1v) is 9.87. The van der Waals surface area contributed by atoms with Gasteiger partial charge in [-0.2, -0.15) is 4.98 Å². The molecule has 7 heteroatoms. The Hall–Kier alpha value is -2.28. The lowest BCUT2D eigenvalue weighted by Gasteiger charge is -2.32. The van der Waals surface area contributed by atoms with E-state index in [4.69, 9.17) is 4.74 Å². The van der Waals surface area contributed by atoms with E-state index in [0.717, 1.165) is 64.9 Å². The monoisotopic (exact) mass is 369 g/mol. The molecule has 0 atom stereocenters. The lowest BCUT2D eigenvalue weighted by Crippen LogP contribution is -2.36. The molecule has 3 aromatic rings. The predicted octanol–water partition coefficient (Wildman–Crippen LogP) is 3.70. The van der Waals surface area contributed by atoms with Crippen molar-refractivity contribution in [3.05, 3.63) is 34.9 Å². The molecule has 0 radical (unpaired) electrons. The second-order valence-corrected chi connectivity index (χ2v) is 7.76. The fraction of sp³-hybridized carbons (Fsp3) is 0.474. The summed E-state index contributed by atoms with van der Waals surface area (Å²) < 4.78 is 6.04. The third-order valence-corrected chi connectivity index (χ3v) is 5.89. The third kappa shape index (κ3) is 3.35. The maximum absolute atomic E-state index is 6.04. The number of hydrogen-bond donors (Lipinski definition) is 0. The summed E-state index contributed by atoms with van der Waals surface area (Å²) in [5.74, 6) is 3.10. The van der Waals surface area contributed by atoms with Crippen LogP contribution < -0.4 is 9.64 Å². The fourth-order valence-electron chi connectivity index (χ4n) is 3.41. The van der Waals surface area contributed by atoms with E-state index >= 15 is 0 Å². The molecule has 0 unspecified atom stereocenters. The molecule has 26 heavy (non-hydrogen) atoms. The van der Waals surface area contributed by atoms with Crippen molar-refractivity contribution in [3.8, 4) is 5.88 Å². The van der Waals surface area contributed by atoms with Crippen LogP contribution in [0.4, 0.5) is 5.82 Å². The summed E-state index contributed by atoms with van der Waals surface area (Å²) in [6.07, 6.45) is 3.86. The van der Waals surface area contributed by atoms with E-state index in [1.807, 2.05) is 20.8 Å². The second-order valence-electron chi connectivity index (χ2n) is 6.86. The average Bonchev–Trinajstić information content (AvgIpc) is 3.13. The maximum atomic E-state index is 6.04. The van der Waals surface area contributed by atoms with Crippen molar-refractivity contribution >= 4 is 27.4 Å². The van der Waals surface area contributed by atoms with Gasteiger partial charge in [0.15, 0.2) is 0 Å². The van der Waals surface area contributed by atoms with Gasteiger partial charge in [-0.05, 0) is 51.0 Å². The molecule has 6 nitrogen and oxygen atoms in total. The Morgan fingerprint density at radius 2 is 1.96 bits per heavy atom. The van der Waals surface area contributed by atoms with Gasteiger partial charge in [0.2, 0.25) is 5.88 Å². The minimum absolute atomic E-state index is 0.543. The first-order valence-electron chi connectivity index (χ1n) is 8.99. The van der Waals surface area contributed by atoms with Gasteiger partial charge in [0, 0.05) is 24.3 Å². The van der Waals surface area contributed by atoms with Gasteiger partial charge in [-0.25, -0.2) is 15.0 Å². The summed E-state index contributed by atoms with van der Waals surface area (Å²) in [6.45, 7) is 8.64. The number of thiophene rings is 1. The van der Waals surface area contributed by atoms with E-state index in [1.54, 1.807) is 17.7 Å². The number of piperidine rings is 1. The highest BCUT2D eigenvalue weighted by molar-refractivity contribution is 7.16. The lowest BCUT2D eigenvalue weighted by atomic mass is 9.97. The molecule has 1 fully saturated rings. The van der Waals surface area contributed by atoms with Gasteiger partial charge < -0.3 is 9.64 Å². The molecule has 1 saturated heterocycles. The van der Waals surface area contributed by atoms with Crippen LogP contribution in [-0.4, -0.2) is 39.6 Å². The van der Waals surface area contributed by atoms with E-state index in [1.165, 1.54) is 0 Å². The van der Waals surface area contributed by atoms with Crippen LogP contribution in [0.5, 0.6) is 5.88 Å². The number of ether oxygens (including phenoxy) is 1. The molecule has 4 rings (SSSR count). The molecule has 3 aromatic heterocycles. The molecule has 0 amide bonds. The summed E-state index contributed by atoms with van der Waals surface area (Å²) in [7, 11) is 0. The minimum Gasteiger partial charge on any atom is -0.477 e. The zero-order chi connectivity index (χ0) is 18.1. The highest BCUT2D eigenvalue weighted by atomic mass is 32.1. The van der Waals surface area contributed by atoms with E-state index in [0.29, 0.717) is 12.5 Å². The summed E-state index contributed by atoms with van der Waals surface area (Å²) in [6, 6.07) is 2.12. The largest absolute Gasteiger partial charge is 0.477 e. The topological polar surface area (TPSA) is 64.0 Å². The van der Waals surface area contributed by atoms with Crippen LogP contribution in [0.15, 0.2) is 17.8 Å². The van der Waals surface area contributed by atoms with E-state index in [-0.39, 0.29) is 0 Å². The van der Waals surface area contributed by atoms with E-state index < -0.39 is 0 Å². The van der Waals surface area contributed by atoms with E-state index in [2.05, 4.69) is 36.3 Å². The molecule has 0 aromatic carbocycles. The average molecular weight is 369 g/mol. The van der Waals surface area contributed by atoms with Gasteiger partial charge >= 0.3 is 0 Å². The predicted molar refractivity (Wildman–Crippen MR) is 104 cm³/mol. The van der Waals surface area contributed by atoms with Crippen LogP contribution in [0.1, 0.15) is 29.9 Å². The van der Waals surface area contributed by atoms with Crippen LogP contribution in [-0.2, 0) is 0 Å². The molecular weight excluding hydrogens is 346 g/mol. The number of fused-ring (bicyclic) bond motifs is 1. The van der Waals surface area contributed by atoms with Gasteiger partial charge in [0.25, 0.3) is 0 Å². The summed E-state index contributed by atoms with van der Waals surface area (Å²) >= 11 is 1.67. The first kappa shape index (κ1) is 17.1. The van der Waals surface area contributed by atoms with Gasteiger partial charge in [-0.3, -0.25) is 0 Å². The Morgan fingerprint density at radius 3 is 2.77 bits per heavy atom. The van der Waals surface area contributed by atoms with Crippen molar-refractivity contribution in [2.75, 3.05) is 24.6 Å². The number of hydrogen-bond acceptors (Lipinski definition) is 7. The smallest absolute Gasteiger partial charge is 0.219 e. The summed E-state index contributed by atoms with van der Waals surface area (Å²) in [5, 5.41) is 3.24. The standard InChI is InChI=1S/C19H23N5OS/c1-12-13(2)22-14(3)23-18(12)25-10-15-4-7-24(8-5-15)17-16-6-9-26-19(16)21-11-20-17/h6,9,11,15H,4-5,7-8,10H2,1-3H3. The molecule has 0 spiro atoms. The number of aromatic nitrogens is 4. The molecule has 0 N–H and O–H groups in total. The van der Waals surface area contributed by atoms with Crippen LogP contribution in [0, 0.1) is 26.7 Å². The van der Waals surface area contributed by atoms with Crippen LogP contribution in [0.25, 0.3) is 10.2 Å². The normalized spacial score (nSPS) is 15.6. The molecule has 0 aliphatic carbocycles. The Labute approximate surface area is 157 Å². The minimum atomic E-state index is 0.543. The van der Waals surface area contributed by atoms with Gasteiger partial charge in [0.1, 0.15) is 22.8 Å². The Morgan fingerprint density at radius 1 is 1.15 bits per heavy atom. The quantitative estimate of drug-likeness (QED) is 0.699. The maximum Gasteiger partial charge on any atom is 0.219 e. The van der Waals surface area contributed by atoms with Crippen molar-refractivity contribution < 1.29 is 4.74 Å². The van der Waals surface area contributed by atoms with Gasteiger partial charge in [-0.1, -0.05) is 0 Å².